The number of fused-ring (bicyclic) bond motifs is 3. The molecule has 1 aromatic carbocycles. The van der Waals surface area contributed by atoms with Crippen LogP contribution in [0.25, 0.3) is 10.9 Å². The summed E-state index contributed by atoms with van der Waals surface area (Å²) in [6, 6.07) is 5.05. The number of Topliss-reactive ketones (excluding diaryl/α,β-unsaturated/α-hetero) is 1. The van der Waals surface area contributed by atoms with Gasteiger partial charge in [0.25, 0.3) is 0 Å². The van der Waals surface area contributed by atoms with Crippen LogP contribution in [0.15, 0.2) is 18.2 Å². The van der Waals surface area contributed by atoms with E-state index in [0.717, 1.165) is 16.6 Å². The number of nitrogens with zero attached hydrogens (tertiary/aromatic N) is 1. The van der Waals surface area contributed by atoms with Gasteiger partial charge in [-0.15, -0.1) is 0 Å². The number of carbonyl (C=O) groups excluding carboxylic acids is 2. The third-order valence-electron chi connectivity index (χ3n) is 5.53. The minimum atomic E-state index is -0.763. The zero-order valence-electron chi connectivity index (χ0n) is 16.5. The summed E-state index contributed by atoms with van der Waals surface area (Å²) < 4.78 is 16.6. The van der Waals surface area contributed by atoms with Crippen LogP contribution >= 0.6 is 0 Å². The van der Waals surface area contributed by atoms with Crippen molar-refractivity contribution in [3.8, 4) is 11.5 Å². The lowest BCUT2D eigenvalue weighted by atomic mass is 9.85. The maximum Gasteiger partial charge on any atom is 0.323 e. The van der Waals surface area contributed by atoms with Crippen LogP contribution in [0.5, 0.6) is 11.5 Å². The van der Waals surface area contributed by atoms with Crippen molar-refractivity contribution in [1.82, 2.24) is 10.3 Å². The Kier molecular flexibility index (Phi) is 4.50. The highest BCUT2D eigenvalue weighted by Crippen LogP contribution is 2.44. The maximum absolute atomic E-state index is 13.3. The molecule has 28 heavy (non-hydrogen) atoms. The minimum Gasteiger partial charge on any atom is -0.497 e. The Hall–Kier alpha value is -2.67. The van der Waals surface area contributed by atoms with Crippen LogP contribution in [0, 0.1) is 0 Å². The molecule has 7 nitrogen and oxygen atoms in total. The largest absolute Gasteiger partial charge is 0.497 e. The van der Waals surface area contributed by atoms with Crippen molar-refractivity contribution in [1.29, 1.82) is 0 Å². The molecule has 2 aromatic rings. The topological polar surface area (TPSA) is 86.8 Å². The third kappa shape index (κ3) is 2.90. The second-order valence-electron chi connectivity index (χ2n) is 7.78. The lowest BCUT2D eigenvalue weighted by molar-refractivity contribution is -0.143. The van der Waals surface area contributed by atoms with Gasteiger partial charge < -0.3 is 19.5 Å². The van der Waals surface area contributed by atoms with Crippen LogP contribution in [-0.2, 0) is 9.53 Å². The molecule has 1 N–H and O–H groups in total. The van der Waals surface area contributed by atoms with Crippen molar-refractivity contribution in [2.75, 3.05) is 20.8 Å². The van der Waals surface area contributed by atoms with E-state index in [4.69, 9.17) is 19.2 Å². The molecule has 0 saturated carbocycles. The van der Waals surface area contributed by atoms with Crippen molar-refractivity contribution in [2.24, 2.45) is 0 Å². The molecule has 1 unspecified atom stereocenters. The maximum atomic E-state index is 13.3. The van der Waals surface area contributed by atoms with E-state index in [9.17, 15) is 9.59 Å². The second-order valence-corrected chi connectivity index (χ2v) is 7.78. The Labute approximate surface area is 163 Å². The number of nitrogens with one attached hydrogen (secondary N) is 1. The predicted octanol–water partition coefficient (Wildman–Crippen LogP) is 2.61. The number of hydrogen-bond donors (Lipinski definition) is 1. The Morgan fingerprint density at radius 3 is 2.82 bits per heavy atom. The fourth-order valence-corrected chi connectivity index (χ4v) is 4.12. The van der Waals surface area contributed by atoms with Gasteiger partial charge in [-0.1, -0.05) is 13.8 Å². The molecule has 1 fully saturated rings. The fraction of sp³-hybridized carbons (Fsp3) is 0.476. The van der Waals surface area contributed by atoms with Crippen LogP contribution in [-0.4, -0.2) is 49.1 Å². The Bertz CT molecular complexity index is 971. The summed E-state index contributed by atoms with van der Waals surface area (Å²) >= 11 is 0. The van der Waals surface area contributed by atoms with Crippen LogP contribution in [0.1, 0.15) is 48.7 Å². The van der Waals surface area contributed by atoms with Gasteiger partial charge in [0.2, 0.25) is 0 Å². The van der Waals surface area contributed by atoms with Crippen LogP contribution in [0.4, 0.5) is 0 Å². The van der Waals surface area contributed by atoms with Gasteiger partial charge >= 0.3 is 5.97 Å². The van der Waals surface area contributed by atoms with Crippen molar-refractivity contribution < 1.29 is 23.8 Å². The number of hydrogen-bond acceptors (Lipinski definition) is 7. The number of esters is 1. The number of ketones is 1. The van der Waals surface area contributed by atoms with Crippen molar-refractivity contribution >= 4 is 22.7 Å². The molecule has 2 atom stereocenters. The number of methoxy groups -OCH3 is 2. The SMILES string of the molecule is COC(=O)[C@@H]1CC2(CN1)CC(=O)c1c(c(C(C)C)nc3ccc(OC)cc13)O2. The molecule has 0 amide bonds. The quantitative estimate of drug-likeness (QED) is 0.814. The van der Waals surface area contributed by atoms with Crippen LogP contribution < -0.4 is 14.8 Å². The van der Waals surface area contributed by atoms with Crippen LogP contribution in [0.3, 0.4) is 0 Å². The summed E-state index contributed by atoms with van der Waals surface area (Å²) in [5.74, 6) is 0.920. The van der Waals surface area contributed by atoms with E-state index in [1.807, 2.05) is 32.0 Å². The van der Waals surface area contributed by atoms with Crippen molar-refractivity contribution in [2.45, 2.75) is 44.2 Å². The number of benzene rings is 1. The zero-order valence-corrected chi connectivity index (χ0v) is 16.5. The Morgan fingerprint density at radius 2 is 2.14 bits per heavy atom. The average Bonchev–Trinajstić information content (AvgIpc) is 3.08. The molecule has 0 bridgehead atoms. The van der Waals surface area contributed by atoms with Gasteiger partial charge in [-0.2, -0.15) is 0 Å². The molecule has 0 aliphatic carbocycles. The van der Waals surface area contributed by atoms with E-state index in [1.54, 1.807) is 7.11 Å². The molecule has 1 saturated heterocycles. The monoisotopic (exact) mass is 384 g/mol. The summed E-state index contributed by atoms with van der Waals surface area (Å²) in [6.45, 7) is 4.46. The minimum absolute atomic E-state index is 0.00359. The second kappa shape index (κ2) is 6.74. The van der Waals surface area contributed by atoms with Gasteiger partial charge in [-0.05, 0) is 24.1 Å². The molecule has 4 rings (SSSR count). The molecule has 0 radical (unpaired) electrons. The van der Waals surface area contributed by atoms with E-state index in [2.05, 4.69) is 5.32 Å². The Morgan fingerprint density at radius 1 is 1.36 bits per heavy atom. The van der Waals surface area contributed by atoms with Gasteiger partial charge in [-0.3, -0.25) is 9.59 Å². The molecule has 7 heteroatoms. The first-order valence-electron chi connectivity index (χ1n) is 9.42. The van der Waals surface area contributed by atoms with Gasteiger partial charge in [-0.25, -0.2) is 4.98 Å². The lowest BCUT2D eigenvalue weighted by Gasteiger charge is -2.36. The number of aromatic nitrogens is 1. The summed E-state index contributed by atoms with van der Waals surface area (Å²) in [4.78, 5) is 30.0. The first kappa shape index (κ1) is 18.7. The van der Waals surface area contributed by atoms with E-state index < -0.39 is 11.6 Å². The smallest absolute Gasteiger partial charge is 0.323 e. The number of pyridine rings is 1. The molecule has 2 aliphatic rings. The number of carbonyl (C=O) groups is 2. The van der Waals surface area contributed by atoms with E-state index >= 15 is 0 Å². The fourth-order valence-electron chi connectivity index (χ4n) is 4.12. The molecule has 148 valence electrons. The number of ether oxygens (including phenoxy) is 3. The van der Waals surface area contributed by atoms with E-state index in [1.165, 1.54) is 7.11 Å². The molecule has 1 spiro atoms. The van der Waals surface area contributed by atoms with Crippen molar-refractivity contribution in [3.63, 3.8) is 0 Å². The van der Waals surface area contributed by atoms with E-state index in [0.29, 0.717) is 30.0 Å². The Balaban J connectivity index is 1.85. The van der Waals surface area contributed by atoms with Gasteiger partial charge in [0.15, 0.2) is 11.5 Å². The summed E-state index contributed by atoms with van der Waals surface area (Å²) in [5, 5.41) is 3.86. The third-order valence-corrected chi connectivity index (χ3v) is 5.53. The van der Waals surface area contributed by atoms with Gasteiger partial charge in [0.05, 0.1) is 37.4 Å². The summed E-state index contributed by atoms with van der Waals surface area (Å²) in [6.07, 6.45) is 0.590. The summed E-state index contributed by atoms with van der Waals surface area (Å²) in [5.41, 5.74) is 1.29. The van der Waals surface area contributed by atoms with Crippen LogP contribution in [0.2, 0.25) is 0 Å². The molecular formula is C21H24N2O5. The standard InChI is InChI=1S/C21H24N2O5/c1-11(2)18-19-17(13-7-12(26-3)5-6-14(13)23-18)16(24)9-21(28-19)8-15(22-10-21)20(25)27-4/h5-7,11,15,22H,8-10H2,1-4H3/t15-,21?/m0/s1. The highest BCUT2D eigenvalue weighted by atomic mass is 16.5. The first-order chi connectivity index (χ1) is 13.4. The molecule has 2 aliphatic heterocycles. The molecule has 1 aromatic heterocycles. The zero-order chi connectivity index (χ0) is 20.1. The molecule has 3 heterocycles. The lowest BCUT2D eigenvalue weighted by Crippen LogP contribution is -2.44. The van der Waals surface area contributed by atoms with Crippen molar-refractivity contribution in [3.05, 3.63) is 29.5 Å². The first-order valence-corrected chi connectivity index (χ1v) is 9.42. The highest BCUT2D eigenvalue weighted by molar-refractivity contribution is 6.11. The number of rotatable bonds is 3. The normalized spacial score (nSPS) is 23.8. The highest BCUT2D eigenvalue weighted by Gasteiger charge is 2.49. The average molecular weight is 384 g/mol. The predicted molar refractivity (Wildman–Crippen MR) is 103 cm³/mol. The summed E-state index contributed by atoms with van der Waals surface area (Å²) in [7, 11) is 2.95. The van der Waals surface area contributed by atoms with Gasteiger partial charge in [0, 0.05) is 18.4 Å². The van der Waals surface area contributed by atoms with Gasteiger partial charge in [0.1, 0.15) is 17.4 Å². The molecular weight excluding hydrogens is 360 g/mol. The van der Waals surface area contributed by atoms with E-state index in [-0.39, 0.29) is 24.1 Å².